The number of fused-ring (bicyclic) bond motifs is 1. The van der Waals surface area contributed by atoms with Crippen molar-refractivity contribution < 1.29 is 9.53 Å². The molecule has 7 nitrogen and oxygen atoms in total. The third-order valence-corrected chi connectivity index (χ3v) is 5.73. The number of thiazole rings is 1. The van der Waals surface area contributed by atoms with Crippen molar-refractivity contribution in [3.63, 3.8) is 0 Å². The van der Waals surface area contributed by atoms with Gasteiger partial charge in [-0.1, -0.05) is 0 Å². The molecule has 1 aromatic rings. The number of nitrogens with one attached hydrogen (secondary N) is 3. The Hall–Kier alpha value is -1.83. The molecule has 1 aliphatic rings. The predicted octanol–water partition coefficient (Wildman–Crippen LogP) is 3.42. The summed E-state index contributed by atoms with van der Waals surface area (Å²) in [5, 5.41) is 10.8. The second-order valence-electron chi connectivity index (χ2n) is 9.15. The van der Waals surface area contributed by atoms with Crippen LogP contribution in [0.3, 0.4) is 0 Å². The summed E-state index contributed by atoms with van der Waals surface area (Å²) in [5.74, 6) is 0.725. The van der Waals surface area contributed by atoms with Crippen LogP contribution in [0.4, 0.5) is 4.79 Å². The Balaban J connectivity index is 1.69. The van der Waals surface area contributed by atoms with Crippen LogP contribution in [-0.4, -0.2) is 48.3 Å². The van der Waals surface area contributed by atoms with Gasteiger partial charge in [0, 0.05) is 31.4 Å². The third-order valence-electron chi connectivity index (χ3n) is 4.51. The van der Waals surface area contributed by atoms with E-state index in [0.717, 1.165) is 31.8 Å². The van der Waals surface area contributed by atoms with Crippen LogP contribution in [-0.2, 0) is 24.0 Å². The highest BCUT2D eigenvalue weighted by Gasteiger charge is 2.24. The number of aryl methyl sites for hydroxylation is 3. The Labute approximate surface area is 179 Å². The van der Waals surface area contributed by atoms with Gasteiger partial charge in [-0.05, 0) is 66.7 Å². The molecule has 0 aliphatic heterocycles. The summed E-state index contributed by atoms with van der Waals surface area (Å²) in [4.78, 5) is 22.6. The van der Waals surface area contributed by atoms with Crippen LogP contribution >= 0.6 is 11.3 Å². The molecule has 1 amide bonds. The molecule has 2 rings (SSSR count). The molecule has 0 aromatic carbocycles. The van der Waals surface area contributed by atoms with Crippen molar-refractivity contribution in [2.45, 2.75) is 84.3 Å². The van der Waals surface area contributed by atoms with Gasteiger partial charge in [0.2, 0.25) is 0 Å². The molecule has 0 unspecified atom stereocenters. The topological polar surface area (TPSA) is 87.6 Å². The molecule has 1 heterocycles. The maximum atomic E-state index is 12.0. The zero-order valence-corrected chi connectivity index (χ0v) is 19.6. The molecule has 3 N–H and O–H groups in total. The van der Waals surface area contributed by atoms with Gasteiger partial charge in [-0.2, -0.15) is 0 Å². The van der Waals surface area contributed by atoms with Crippen LogP contribution in [0.2, 0.25) is 0 Å². The number of hydrogen-bond donors (Lipinski definition) is 3. The lowest BCUT2D eigenvalue weighted by Crippen LogP contribution is -2.54. The number of carbonyl (C=O) groups is 1. The number of guanidine groups is 1. The van der Waals surface area contributed by atoms with Crippen molar-refractivity contribution in [1.82, 2.24) is 20.9 Å². The summed E-state index contributed by atoms with van der Waals surface area (Å²) in [5.41, 5.74) is 0.350. The van der Waals surface area contributed by atoms with E-state index in [2.05, 4.69) is 20.9 Å². The number of alkyl carbamates (subject to hydrolysis) is 1. The van der Waals surface area contributed by atoms with Gasteiger partial charge in [0.05, 0.1) is 16.2 Å². The Kier molecular flexibility index (Phi) is 8.31. The molecular weight excluding hydrogens is 386 g/mol. The first-order chi connectivity index (χ1) is 13.6. The number of aliphatic imine (C=N–C) groups is 1. The van der Waals surface area contributed by atoms with E-state index < -0.39 is 17.2 Å². The first-order valence-corrected chi connectivity index (χ1v) is 11.3. The molecule has 164 valence electrons. The molecule has 0 saturated carbocycles. The van der Waals surface area contributed by atoms with Gasteiger partial charge in [0.15, 0.2) is 5.96 Å². The zero-order chi connectivity index (χ0) is 21.5. The molecule has 29 heavy (non-hydrogen) atoms. The Morgan fingerprint density at radius 2 is 1.90 bits per heavy atom. The smallest absolute Gasteiger partial charge is 0.408 e. The van der Waals surface area contributed by atoms with Gasteiger partial charge in [-0.15, -0.1) is 11.3 Å². The van der Waals surface area contributed by atoms with Crippen molar-refractivity contribution in [3.05, 3.63) is 15.6 Å². The maximum Gasteiger partial charge on any atom is 0.408 e. The van der Waals surface area contributed by atoms with E-state index in [1.807, 2.05) is 46.0 Å². The number of rotatable bonds is 7. The van der Waals surface area contributed by atoms with Crippen molar-refractivity contribution >= 4 is 23.4 Å². The maximum absolute atomic E-state index is 12.0. The van der Waals surface area contributed by atoms with Crippen LogP contribution in [0.5, 0.6) is 0 Å². The largest absolute Gasteiger partial charge is 0.444 e. The molecule has 0 atom stereocenters. The highest BCUT2D eigenvalue weighted by Crippen LogP contribution is 2.27. The molecular formula is C21H37N5O2S. The Morgan fingerprint density at radius 1 is 1.17 bits per heavy atom. The first-order valence-electron chi connectivity index (χ1n) is 10.5. The second kappa shape index (κ2) is 10.3. The minimum absolute atomic E-state index is 0.418. The molecule has 1 aliphatic carbocycles. The fraction of sp³-hybridized carbons (Fsp3) is 0.762. The van der Waals surface area contributed by atoms with Gasteiger partial charge in [-0.3, -0.25) is 4.99 Å². The number of carbonyl (C=O) groups excluding carboxylic acids is 1. The molecule has 0 bridgehead atoms. The molecule has 0 radical (unpaired) electrons. The highest BCUT2D eigenvalue weighted by atomic mass is 32.1. The summed E-state index contributed by atoms with van der Waals surface area (Å²) in [6.07, 6.45) is 6.51. The quantitative estimate of drug-likeness (QED) is 0.355. The van der Waals surface area contributed by atoms with Gasteiger partial charge < -0.3 is 20.7 Å². The normalized spacial score (nSPS) is 14.9. The van der Waals surface area contributed by atoms with Gasteiger partial charge in [-0.25, -0.2) is 9.78 Å². The standard InChI is InChI=1S/C21H37N5O2S/c1-20(2,3)28-19(27)26-21(4,5)14-24-18(22-6)23-13-9-12-17-25-15-10-7-8-11-16(15)29-17/h7-14H2,1-6H3,(H,26,27)(H2,22,23,24). The van der Waals surface area contributed by atoms with Crippen molar-refractivity contribution in [2.24, 2.45) is 4.99 Å². The fourth-order valence-corrected chi connectivity index (χ4v) is 4.31. The fourth-order valence-electron chi connectivity index (χ4n) is 3.11. The molecule has 0 saturated heterocycles. The van der Waals surface area contributed by atoms with E-state index in [1.165, 1.54) is 34.8 Å². The van der Waals surface area contributed by atoms with Gasteiger partial charge in [0.1, 0.15) is 5.60 Å². The summed E-state index contributed by atoms with van der Waals surface area (Å²) in [6.45, 7) is 10.8. The van der Waals surface area contributed by atoms with E-state index >= 15 is 0 Å². The minimum atomic E-state index is -0.512. The third kappa shape index (κ3) is 8.60. The van der Waals surface area contributed by atoms with Crippen LogP contribution in [0, 0.1) is 0 Å². The average molecular weight is 424 g/mol. The van der Waals surface area contributed by atoms with Crippen LogP contribution in [0.15, 0.2) is 4.99 Å². The summed E-state index contributed by atoms with van der Waals surface area (Å²) in [7, 11) is 1.75. The van der Waals surface area contributed by atoms with E-state index in [4.69, 9.17) is 9.72 Å². The van der Waals surface area contributed by atoms with Gasteiger partial charge >= 0.3 is 6.09 Å². The first kappa shape index (κ1) is 23.4. The number of ether oxygens (including phenoxy) is 1. The monoisotopic (exact) mass is 423 g/mol. The zero-order valence-electron chi connectivity index (χ0n) is 18.8. The van der Waals surface area contributed by atoms with E-state index in [0.29, 0.717) is 6.54 Å². The molecule has 0 spiro atoms. The Morgan fingerprint density at radius 3 is 2.55 bits per heavy atom. The summed E-state index contributed by atoms with van der Waals surface area (Å²) >= 11 is 1.89. The second-order valence-corrected chi connectivity index (χ2v) is 10.3. The number of nitrogens with zero attached hydrogens (tertiary/aromatic N) is 2. The lowest BCUT2D eigenvalue weighted by atomic mass is 10.0. The molecule has 0 fully saturated rings. The van der Waals surface area contributed by atoms with Crippen molar-refractivity contribution in [3.8, 4) is 0 Å². The van der Waals surface area contributed by atoms with Crippen molar-refractivity contribution in [2.75, 3.05) is 20.1 Å². The molecule has 1 aromatic heterocycles. The van der Waals surface area contributed by atoms with Crippen LogP contribution in [0.1, 0.15) is 69.5 Å². The number of hydrogen-bond acceptors (Lipinski definition) is 5. The lowest BCUT2D eigenvalue weighted by Gasteiger charge is -2.29. The van der Waals surface area contributed by atoms with E-state index in [1.54, 1.807) is 7.05 Å². The summed E-state index contributed by atoms with van der Waals surface area (Å²) in [6, 6.07) is 0. The summed E-state index contributed by atoms with van der Waals surface area (Å²) < 4.78 is 5.33. The van der Waals surface area contributed by atoms with Gasteiger partial charge in [0.25, 0.3) is 0 Å². The van der Waals surface area contributed by atoms with E-state index in [9.17, 15) is 4.79 Å². The average Bonchev–Trinajstić information content (AvgIpc) is 3.01. The minimum Gasteiger partial charge on any atom is -0.444 e. The number of aromatic nitrogens is 1. The van der Waals surface area contributed by atoms with Crippen LogP contribution < -0.4 is 16.0 Å². The van der Waals surface area contributed by atoms with E-state index in [-0.39, 0.29) is 0 Å². The highest BCUT2D eigenvalue weighted by molar-refractivity contribution is 7.11. The molecule has 8 heteroatoms. The SMILES string of the molecule is CN=C(NCCCc1nc2c(s1)CCCC2)NCC(C)(C)NC(=O)OC(C)(C)C. The lowest BCUT2D eigenvalue weighted by molar-refractivity contribution is 0.0474. The Bertz CT molecular complexity index is 683. The number of amides is 1. The van der Waals surface area contributed by atoms with Crippen molar-refractivity contribution in [1.29, 1.82) is 0 Å². The predicted molar refractivity (Wildman–Crippen MR) is 120 cm³/mol. The van der Waals surface area contributed by atoms with Crippen LogP contribution in [0.25, 0.3) is 0 Å².